The number of hydrogen-bond acceptors (Lipinski definition) is 10. The molecule has 4 N–H and O–H groups in total. The van der Waals surface area contributed by atoms with E-state index in [1.165, 1.54) is 25.3 Å². The van der Waals surface area contributed by atoms with E-state index in [4.69, 9.17) is 15.2 Å². The second-order valence-electron chi connectivity index (χ2n) is 8.84. The number of phenols is 1. The molecule has 2 aromatic carbocycles. The Morgan fingerprint density at radius 1 is 1.28 bits per heavy atom. The number of rotatable bonds is 10. The van der Waals surface area contributed by atoms with Crippen LogP contribution >= 0.6 is 0 Å². The summed E-state index contributed by atoms with van der Waals surface area (Å²) in [5.41, 5.74) is 5.31. The summed E-state index contributed by atoms with van der Waals surface area (Å²) in [5, 5.41) is 23.4. The van der Waals surface area contributed by atoms with E-state index in [1.54, 1.807) is 12.1 Å². The van der Waals surface area contributed by atoms with Gasteiger partial charge in [-0.3, -0.25) is 24.5 Å². The normalized spacial score (nSPS) is 19.9. The number of nitrogens with two attached hydrogens (primary N) is 1. The fourth-order valence-electron chi connectivity index (χ4n) is 4.42. The molecule has 0 unspecified atom stereocenters. The van der Waals surface area contributed by atoms with Crippen LogP contribution in [0.3, 0.4) is 0 Å². The highest BCUT2D eigenvalue weighted by Crippen LogP contribution is 2.36. The molecule has 0 aromatic heterocycles. The number of ether oxygens (including phenoxy) is 2. The van der Waals surface area contributed by atoms with E-state index >= 15 is 0 Å². The number of nitrogens with one attached hydrogen (secondary N) is 1. The molecule has 3 atom stereocenters. The first-order chi connectivity index (χ1) is 18.4. The second-order valence-corrected chi connectivity index (χ2v) is 10.7. The van der Waals surface area contributed by atoms with Crippen LogP contribution < -0.4 is 15.8 Å². The van der Waals surface area contributed by atoms with Gasteiger partial charge in [-0.05, 0) is 29.8 Å². The van der Waals surface area contributed by atoms with Crippen molar-refractivity contribution in [2.75, 3.05) is 26.8 Å². The van der Waals surface area contributed by atoms with Crippen LogP contribution in [0.15, 0.2) is 47.4 Å². The summed E-state index contributed by atoms with van der Waals surface area (Å²) in [7, 11) is -3.30. The smallest absolute Gasteiger partial charge is 0.293 e. The second kappa shape index (κ2) is 10.8. The largest absolute Gasteiger partial charge is 0.508 e. The molecule has 2 fully saturated rings. The van der Waals surface area contributed by atoms with Crippen LogP contribution in [0.25, 0.3) is 0 Å². The predicted octanol–water partition coefficient (Wildman–Crippen LogP) is -0.920. The minimum atomic E-state index is -4.57. The van der Waals surface area contributed by atoms with Crippen LogP contribution in [0.4, 0.5) is 5.69 Å². The van der Waals surface area contributed by atoms with Gasteiger partial charge in [-0.25, -0.2) is 8.42 Å². The summed E-state index contributed by atoms with van der Waals surface area (Å²) < 4.78 is 38.1. The summed E-state index contributed by atoms with van der Waals surface area (Å²) in [6.45, 7) is -1.15. The number of fused-ring (bicyclic) bond motifs is 2. The number of piperazine rings is 1. The van der Waals surface area contributed by atoms with Crippen LogP contribution in [0.5, 0.6) is 11.5 Å². The van der Waals surface area contributed by atoms with E-state index in [0.29, 0.717) is 5.56 Å². The fourth-order valence-corrected chi connectivity index (χ4v) is 6.21. The maximum absolute atomic E-state index is 13.4. The summed E-state index contributed by atoms with van der Waals surface area (Å²) in [6, 6.07) is 6.72. The molecule has 0 saturated carbocycles. The lowest BCUT2D eigenvalue weighted by Crippen LogP contribution is -2.61. The van der Waals surface area contributed by atoms with Crippen molar-refractivity contribution in [3.8, 4) is 11.5 Å². The van der Waals surface area contributed by atoms with E-state index in [-0.39, 0.29) is 31.1 Å². The van der Waals surface area contributed by atoms with Crippen LogP contribution in [-0.2, 0) is 35.6 Å². The van der Waals surface area contributed by atoms with Crippen molar-refractivity contribution in [3.63, 3.8) is 0 Å². The topological polar surface area (TPSA) is 212 Å². The molecule has 4 rings (SSSR count). The molecule has 16 heteroatoms. The zero-order chi connectivity index (χ0) is 28.5. The van der Waals surface area contributed by atoms with Gasteiger partial charge >= 0.3 is 0 Å². The molecule has 2 bridgehead atoms. The monoisotopic (exact) mass is 563 g/mol. The van der Waals surface area contributed by atoms with Crippen LogP contribution in [-0.4, -0.2) is 90.5 Å². The number of benzene rings is 2. The predicted molar refractivity (Wildman–Crippen MR) is 132 cm³/mol. The van der Waals surface area contributed by atoms with Crippen molar-refractivity contribution in [2.24, 2.45) is 5.73 Å². The van der Waals surface area contributed by atoms with Gasteiger partial charge in [0.15, 0.2) is 4.90 Å². The van der Waals surface area contributed by atoms with E-state index in [9.17, 15) is 38.0 Å². The Balaban J connectivity index is 1.48. The van der Waals surface area contributed by atoms with Crippen molar-refractivity contribution in [1.82, 2.24) is 14.5 Å². The maximum atomic E-state index is 13.4. The number of phenolic OH excluding ortho intramolecular Hbond substituents is 1. The van der Waals surface area contributed by atoms with Crippen molar-refractivity contribution in [2.45, 2.75) is 29.6 Å². The van der Waals surface area contributed by atoms with Gasteiger partial charge in [0, 0.05) is 6.42 Å². The number of carbonyl (C=O) groups is 3. The quantitative estimate of drug-likeness (QED) is 0.239. The third-order valence-corrected chi connectivity index (χ3v) is 8.26. The first-order valence-electron chi connectivity index (χ1n) is 11.5. The van der Waals surface area contributed by atoms with Gasteiger partial charge in [-0.2, -0.15) is 4.31 Å². The minimum absolute atomic E-state index is 0.0246. The van der Waals surface area contributed by atoms with E-state index in [2.05, 4.69) is 5.32 Å². The lowest BCUT2D eigenvalue weighted by atomic mass is 10.1. The van der Waals surface area contributed by atoms with Gasteiger partial charge < -0.3 is 30.5 Å². The number of amides is 3. The lowest BCUT2D eigenvalue weighted by Gasteiger charge is -2.37. The van der Waals surface area contributed by atoms with Crippen molar-refractivity contribution in [3.05, 3.63) is 58.1 Å². The van der Waals surface area contributed by atoms with Crippen molar-refractivity contribution >= 4 is 33.4 Å². The Labute approximate surface area is 222 Å². The highest BCUT2D eigenvalue weighted by atomic mass is 32.2. The minimum Gasteiger partial charge on any atom is -0.508 e. The molecule has 15 nitrogen and oxygen atoms in total. The van der Waals surface area contributed by atoms with Crippen LogP contribution in [0.2, 0.25) is 0 Å². The molecule has 2 heterocycles. The Bertz CT molecular complexity index is 1410. The molecular weight excluding hydrogens is 538 g/mol. The molecule has 2 aliphatic heterocycles. The molecule has 2 aliphatic rings. The fraction of sp³-hybridized carbons (Fsp3) is 0.348. The highest BCUT2D eigenvalue weighted by molar-refractivity contribution is 7.89. The first-order valence-corrected chi connectivity index (χ1v) is 13.0. The number of methoxy groups -OCH3 is 1. The third kappa shape index (κ3) is 5.62. The molecule has 208 valence electrons. The molecule has 0 radical (unpaired) electrons. The molecular formula is C23H25N5O10S. The number of nitro groups is 1. The average molecular weight is 564 g/mol. The number of nitro benzene ring substituents is 1. The standard InChI is InChI=1S/C23H25N5O10S/c1-37-15-6-7-19(17(9-15)28(33)34)39(35,36)27-18-12-38-21(27)11-26(23(18)32)10-20(30)25-16(22(24)31)8-13-2-4-14(29)5-3-13/h2-7,9,16,18,21,29H,8,10-12H2,1H3,(H2,24,31)(H,25,30)/t16-,18-,21-/m0/s1. The number of hydrogen-bond donors (Lipinski definition) is 3. The first kappa shape index (κ1) is 27.7. The lowest BCUT2D eigenvalue weighted by molar-refractivity contribution is -0.388. The van der Waals surface area contributed by atoms with Gasteiger partial charge in [0.2, 0.25) is 17.7 Å². The summed E-state index contributed by atoms with van der Waals surface area (Å²) >= 11 is 0. The van der Waals surface area contributed by atoms with E-state index in [1.807, 2.05) is 0 Å². The molecule has 3 amide bonds. The number of carbonyl (C=O) groups excluding carboxylic acids is 3. The maximum Gasteiger partial charge on any atom is 0.293 e. The van der Waals surface area contributed by atoms with Crippen LogP contribution in [0.1, 0.15) is 5.56 Å². The Hall–Kier alpha value is -4.28. The Kier molecular flexibility index (Phi) is 7.71. The molecule has 0 aliphatic carbocycles. The molecule has 2 saturated heterocycles. The molecule has 0 spiro atoms. The zero-order valence-corrected chi connectivity index (χ0v) is 21.4. The van der Waals surface area contributed by atoms with E-state index in [0.717, 1.165) is 21.3 Å². The third-order valence-electron chi connectivity index (χ3n) is 6.32. The van der Waals surface area contributed by atoms with Gasteiger partial charge in [-0.15, -0.1) is 0 Å². The number of sulfonamides is 1. The zero-order valence-electron chi connectivity index (χ0n) is 20.6. The SMILES string of the molecule is COc1ccc(S(=O)(=O)N2[C@@H]3CN(CC(=O)N[C@@H](Cc4ccc(O)cc4)C(N)=O)C(=O)[C@@H]2CO3)c([N+](=O)[O-])c1. The van der Waals surface area contributed by atoms with Gasteiger partial charge in [0.05, 0.1) is 37.8 Å². The Morgan fingerprint density at radius 2 is 1.97 bits per heavy atom. The van der Waals surface area contributed by atoms with Gasteiger partial charge in [0.25, 0.3) is 15.7 Å². The number of aromatic hydroxyl groups is 1. The summed E-state index contributed by atoms with van der Waals surface area (Å²) in [4.78, 5) is 48.9. The number of primary amides is 1. The van der Waals surface area contributed by atoms with Crippen molar-refractivity contribution in [1.29, 1.82) is 0 Å². The Morgan fingerprint density at radius 3 is 2.59 bits per heavy atom. The summed E-state index contributed by atoms with van der Waals surface area (Å²) in [5.74, 6) is -2.17. The van der Waals surface area contributed by atoms with Crippen LogP contribution in [0, 0.1) is 10.1 Å². The number of nitrogens with zero attached hydrogens (tertiary/aromatic N) is 3. The van der Waals surface area contributed by atoms with Gasteiger partial charge in [0.1, 0.15) is 29.8 Å². The summed E-state index contributed by atoms with van der Waals surface area (Å²) in [6.07, 6.45) is -1.16. The van der Waals surface area contributed by atoms with Gasteiger partial charge in [-0.1, -0.05) is 12.1 Å². The molecule has 39 heavy (non-hydrogen) atoms. The van der Waals surface area contributed by atoms with E-state index < -0.39 is 68.1 Å². The highest BCUT2D eigenvalue weighted by Gasteiger charge is 2.54. The average Bonchev–Trinajstić information content (AvgIpc) is 3.26. The molecule has 2 aromatic rings. The van der Waals surface area contributed by atoms with Crippen molar-refractivity contribution < 1.29 is 42.3 Å².